The lowest BCUT2D eigenvalue weighted by molar-refractivity contribution is -0.131. The highest BCUT2D eigenvalue weighted by molar-refractivity contribution is 5.84. The van der Waals surface area contributed by atoms with Crippen molar-refractivity contribution in [1.29, 1.82) is 0 Å². The molecule has 1 heteroatoms. The molecule has 0 aromatic carbocycles. The first-order valence-corrected chi connectivity index (χ1v) is 6.75. The summed E-state index contributed by atoms with van der Waals surface area (Å²) >= 11 is 0. The van der Waals surface area contributed by atoms with E-state index in [1.54, 1.807) is 0 Å². The van der Waals surface area contributed by atoms with Gasteiger partial charge in [0.15, 0.2) is 0 Å². The molecule has 0 heterocycles. The van der Waals surface area contributed by atoms with Crippen LogP contribution in [0, 0.1) is 23.2 Å². The van der Waals surface area contributed by atoms with Gasteiger partial charge in [0.05, 0.1) is 0 Å². The number of rotatable bonds is 1. The second-order valence-corrected chi connectivity index (χ2v) is 6.29. The molecule has 0 amide bonds. The standard InChI is InChI=1S/C16H24O/c1-10(2)14-7-6-13(5)16(14)8-11(3)15(17)12(4)9-16/h6,11-12,14H,1,7-9H2,2-5H3. The Morgan fingerprint density at radius 3 is 2.35 bits per heavy atom. The first-order chi connectivity index (χ1) is 7.88. The van der Waals surface area contributed by atoms with Crippen LogP contribution < -0.4 is 0 Å². The van der Waals surface area contributed by atoms with Gasteiger partial charge in [-0.2, -0.15) is 0 Å². The summed E-state index contributed by atoms with van der Waals surface area (Å²) in [5.41, 5.74) is 3.02. The lowest BCUT2D eigenvalue weighted by Crippen LogP contribution is -2.41. The number of allylic oxidation sites excluding steroid dienone is 3. The van der Waals surface area contributed by atoms with Gasteiger partial charge in [-0.05, 0) is 44.4 Å². The average Bonchev–Trinajstić information content (AvgIpc) is 2.53. The molecule has 1 saturated carbocycles. The molecule has 2 aliphatic carbocycles. The Kier molecular flexibility index (Phi) is 3.05. The summed E-state index contributed by atoms with van der Waals surface area (Å²) in [5.74, 6) is 1.43. The third kappa shape index (κ3) is 1.80. The normalized spacial score (nSPS) is 41.8. The molecule has 2 aliphatic rings. The number of carbonyl (C=O) groups excluding carboxylic acids is 1. The second kappa shape index (κ2) is 4.12. The molecule has 3 atom stereocenters. The molecule has 3 unspecified atom stereocenters. The summed E-state index contributed by atoms with van der Waals surface area (Å²) in [6, 6.07) is 0. The Bertz CT molecular complexity index is 374. The van der Waals surface area contributed by atoms with E-state index in [9.17, 15) is 4.79 Å². The lowest BCUT2D eigenvalue weighted by atomic mass is 9.58. The molecular formula is C16H24O. The smallest absolute Gasteiger partial charge is 0.138 e. The minimum atomic E-state index is 0.210. The minimum absolute atomic E-state index is 0.210. The van der Waals surface area contributed by atoms with Gasteiger partial charge in [0.1, 0.15) is 5.78 Å². The molecule has 0 aromatic rings. The maximum absolute atomic E-state index is 12.0. The molecule has 94 valence electrons. The second-order valence-electron chi connectivity index (χ2n) is 6.29. The zero-order valence-electron chi connectivity index (χ0n) is 11.5. The number of ketones is 1. The maximum Gasteiger partial charge on any atom is 0.138 e. The molecule has 0 aliphatic heterocycles. The van der Waals surface area contributed by atoms with Crippen LogP contribution in [0.3, 0.4) is 0 Å². The molecule has 0 saturated heterocycles. The fraction of sp³-hybridized carbons (Fsp3) is 0.688. The van der Waals surface area contributed by atoms with Gasteiger partial charge < -0.3 is 0 Å². The van der Waals surface area contributed by atoms with Crippen molar-refractivity contribution in [2.24, 2.45) is 23.2 Å². The van der Waals surface area contributed by atoms with Gasteiger partial charge in [0.2, 0.25) is 0 Å². The Balaban J connectivity index is 2.36. The highest BCUT2D eigenvalue weighted by Gasteiger charge is 2.49. The Morgan fingerprint density at radius 1 is 1.35 bits per heavy atom. The third-order valence-electron chi connectivity index (χ3n) is 5.02. The summed E-state index contributed by atoms with van der Waals surface area (Å²) in [6.07, 6.45) is 5.54. The van der Waals surface area contributed by atoms with Gasteiger partial charge >= 0.3 is 0 Å². The van der Waals surface area contributed by atoms with Crippen molar-refractivity contribution in [3.05, 3.63) is 23.8 Å². The van der Waals surface area contributed by atoms with Gasteiger partial charge in [-0.25, -0.2) is 0 Å². The highest BCUT2D eigenvalue weighted by atomic mass is 16.1. The van der Waals surface area contributed by atoms with E-state index in [1.807, 2.05) is 0 Å². The third-order valence-corrected chi connectivity index (χ3v) is 5.02. The quantitative estimate of drug-likeness (QED) is 0.621. The predicted molar refractivity (Wildman–Crippen MR) is 71.7 cm³/mol. The van der Waals surface area contributed by atoms with E-state index >= 15 is 0 Å². The molecular weight excluding hydrogens is 208 g/mol. The van der Waals surface area contributed by atoms with E-state index in [0.29, 0.717) is 11.7 Å². The van der Waals surface area contributed by atoms with E-state index in [0.717, 1.165) is 19.3 Å². The van der Waals surface area contributed by atoms with Crippen molar-refractivity contribution in [1.82, 2.24) is 0 Å². The van der Waals surface area contributed by atoms with Crippen molar-refractivity contribution < 1.29 is 4.79 Å². The zero-order chi connectivity index (χ0) is 12.8. The lowest BCUT2D eigenvalue weighted by Gasteiger charge is -2.45. The van der Waals surface area contributed by atoms with E-state index < -0.39 is 0 Å². The van der Waals surface area contributed by atoms with Crippen molar-refractivity contribution in [2.45, 2.75) is 47.0 Å². The van der Waals surface area contributed by atoms with Crippen LogP contribution in [-0.4, -0.2) is 5.78 Å². The van der Waals surface area contributed by atoms with E-state index in [-0.39, 0.29) is 17.3 Å². The topological polar surface area (TPSA) is 17.1 Å². The van der Waals surface area contributed by atoms with Crippen molar-refractivity contribution >= 4 is 5.78 Å². The summed E-state index contributed by atoms with van der Waals surface area (Å²) < 4.78 is 0. The molecule has 1 nitrogen and oxygen atoms in total. The number of Topliss-reactive ketones (excluding diaryl/α,β-unsaturated/α-hetero) is 1. The molecule has 0 bridgehead atoms. The Labute approximate surface area is 105 Å². The van der Waals surface area contributed by atoms with Crippen LogP contribution in [0.1, 0.15) is 47.0 Å². The van der Waals surface area contributed by atoms with Crippen LogP contribution in [-0.2, 0) is 4.79 Å². The molecule has 17 heavy (non-hydrogen) atoms. The fourth-order valence-electron chi connectivity index (χ4n) is 4.14. The number of carbonyl (C=O) groups is 1. The van der Waals surface area contributed by atoms with Gasteiger partial charge in [-0.15, -0.1) is 0 Å². The van der Waals surface area contributed by atoms with Crippen molar-refractivity contribution in [2.75, 3.05) is 0 Å². The van der Waals surface area contributed by atoms with Gasteiger partial charge in [-0.3, -0.25) is 4.79 Å². The van der Waals surface area contributed by atoms with Crippen LogP contribution in [0.5, 0.6) is 0 Å². The predicted octanol–water partition coefficient (Wildman–Crippen LogP) is 4.15. The number of hydrogen-bond acceptors (Lipinski definition) is 1. The molecule has 2 rings (SSSR count). The van der Waals surface area contributed by atoms with Crippen LogP contribution in [0.25, 0.3) is 0 Å². The van der Waals surface area contributed by atoms with Crippen molar-refractivity contribution in [3.63, 3.8) is 0 Å². The zero-order valence-corrected chi connectivity index (χ0v) is 11.5. The van der Waals surface area contributed by atoms with E-state index in [1.165, 1.54) is 11.1 Å². The first-order valence-electron chi connectivity index (χ1n) is 6.75. The van der Waals surface area contributed by atoms with Crippen LogP contribution in [0.4, 0.5) is 0 Å². The molecule has 1 spiro atoms. The largest absolute Gasteiger partial charge is 0.299 e. The van der Waals surface area contributed by atoms with Gasteiger partial charge in [-0.1, -0.05) is 37.6 Å². The van der Waals surface area contributed by atoms with E-state index in [4.69, 9.17) is 0 Å². The Hall–Kier alpha value is -0.850. The van der Waals surface area contributed by atoms with Crippen molar-refractivity contribution in [3.8, 4) is 0 Å². The monoisotopic (exact) mass is 232 g/mol. The SMILES string of the molecule is C=C(C)C1CC=C(C)C12CC(C)C(=O)C(C)C2. The average molecular weight is 232 g/mol. The highest BCUT2D eigenvalue weighted by Crippen LogP contribution is 2.56. The van der Waals surface area contributed by atoms with Gasteiger partial charge in [0.25, 0.3) is 0 Å². The number of hydrogen-bond donors (Lipinski definition) is 0. The summed E-state index contributed by atoms with van der Waals surface area (Å²) in [6.45, 7) is 12.8. The maximum atomic E-state index is 12.0. The molecule has 0 aromatic heterocycles. The van der Waals surface area contributed by atoms with Crippen LogP contribution >= 0.6 is 0 Å². The van der Waals surface area contributed by atoms with E-state index in [2.05, 4.69) is 40.3 Å². The Morgan fingerprint density at radius 2 is 1.88 bits per heavy atom. The first kappa shape index (κ1) is 12.6. The minimum Gasteiger partial charge on any atom is -0.299 e. The summed E-state index contributed by atoms with van der Waals surface area (Å²) in [4.78, 5) is 12.0. The summed E-state index contributed by atoms with van der Waals surface area (Å²) in [5, 5.41) is 0. The fourth-order valence-corrected chi connectivity index (χ4v) is 4.14. The molecule has 1 fully saturated rings. The molecule has 0 N–H and O–H groups in total. The van der Waals surface area contributed by atoms with Crippen LogP contribution in [0.2, 0.25) is 0 Å². The summed E-state index contributed by atoms with van der Waals surface area (Å²) in [7, 11) is 0. The van der Waals surface area contributed by atoms with Gasteiger partial charge in [0, 0.05) is 11.8 Å². The van der Waals surface area contributed by atoms with Crippen LogP contribution in [0.15, 0.2) is 23.8 Å². The molecule has 0 radical (unpaired) electrons.